The van der Waals surface area contributed by atoms with E-state index >= 15 is 0 Å². The Kier molecular flexibility index (Phi) is 14.5. The van der Waals surface area contributed by atoms with Gasteiger partial charge in [-0.2, -0.15) is 8.42 Å². The molecule has 0 saturated carbocycles. The molecule has 0 heterocycles. The zero-order valence-electron chi connectivity index (χ0n) is 18.3. The maximum Gasteiger partial charge on any atom is 0.305 e. The van der Waals surface area contributed by atoms with Crippen molar-refractivity contribution in [2.45, 2.75) is 37.5 Å². The van der Waals surface area contributed by atoms with Crippen LogP contribution in [-0.2, 0) is 42.8 Å². The minimum absolute atomic E-state index is 0.0468. The minimum Gasteiger partial charge on any atom is -0.481 e. The quantitative estimate of drug-likeness (QED) is 0.179. The van der Waals surface area contributed by atoms with Gasteiger partial charge in [-0.25, -0.2) is 0 Å². The minimum atomic E-state index is -3.78. The van der Waals surface area contributed by atoms with Gasteiger partial charge in [-0.3, -0.25) is 13.8 Å². The first-order valence-electron chi connectivity index (χ1n) is 10.4. The molecule has 0 aliphatic rings. The molecule has 0 saturated heterocycles. The molecule has 1 aromatic rings. The molecule has 182 valence electrons. The molecule has 1 N–H and O–H groups in total. The molecule has 0 aliphatic heterocycles. The van der Waals surface area contributed by atoms with Crippen molar-refractivity contribution in [2.75, 3.05) is 52.9 Å². The van der Waals surface area contributed by atoms with E-state index in [9.17, 15) is 18.0 Å². The lowest BCUT2D eigenvalue weighted by Crippen LogP contribution is -2.15. The van der Waals surface area contributed by atoms with Crippen LogP contribution in [0.4, 0.5) is 0 Å². The molecule has 10 nitrogen and oxygen atoms in total. The summed E-state index contributed by atoms with van der Waals surface area (Å²) in [5.74, 6) is -1.25. The second kappa shape index (κ2) is 16.6. The average Bonchev–Trinajstić information content (AvgIpc) is 2.74. The number of rotatable bonds is 19. The van der Waals surface area contributed by atoms with E-state index in [0.29, 0.717) is 32.7 Å². The van der Waals surface area contributed by atoms with Crippen LogP contribution in [-0.4, -0.2) is 78.3 Å². The Labute approximate surface area is 188 Å². The average molecular weight is 477 g/mol. The Morgan fingerprint density at radius 2 is 1.28 bits per heavy atom. The number of benzene rings is 1. The Hall–Kier alpha value is -2.05. The molecule has 0 bridgehead atoms. The third-order valence-corrected chi connectivity index (χ3v) is 5.36. The number of unbranched alkanes of at least 4 members (excludes halogenated alkanes) is 1. The summed E-state index contributed by atoms with van der Waals surface area (Å²) in [5, 5.41) is 8.50. The lowest BCUT2D eigenvalue weighted by molar-refractivity contribution is -0.146. The van der Waals surface area contributed by atoms with Crippen LogP contribution in [0.1, 0.15) is 31.2 Å². The van der Waals surface area contributed by atoms with Crippen molar-refractivity contribution in [1.29, 1.82) is 0 Å². The van der Waals surface area contributed by atoms with Gasteiger partial charge in [0, 0.05) is 12.8 Å². The Morgan fingerprint density at radius 1 is 0.781 bits per heavy atom. The van der Waals surface area contributed by atoms with Crippen LogP contribution < -0.4 is 0 Å². The smallest absolute Gasteiger partial charge is 0.305 e. The van der Waals surface area contributed by atoms with E-state index in [1.165, 1.54) is 12.1 Å². The highest BCUT2D eigenvalue weighted by molar-refractivity contribution is 7.86. The van der Waals surface area contributed by atoms with Crippen molar-refractivity contribution in [3.63, 3.8) is 0 Å². The number of hydrogen-bond donors (Lipinski definition) is 1. The molecule has 0 aromatic heterocycles. The van der Waals surface area contributed by atoms with Gasteiger partial charge < -0.3 is 24.1 Å². The van der Waals surface area contributed by atoms with E-state index in [0.717, 1.165) is 5.56 Å². The molecule has 0 amide bonds. The van der Waals surface area contributed by atoms with Crippen molar-refractivity contribution in [2.24, 2.45) is 0 Å². The van der Waals surface area contributed by atoms with Crippen LogP contribution in [0.5, 0.6) is 0 Å². The van der Waals surface area contributed by atoms with E-state index in [1.54, 1.807) is 12.1 Å². The first kappa shape index (κ1) is 28.0. The predicted octanol–water partition coefficient (Wildman–Crippen LogP) is 1.94. The Morgan fingerprint density at radius 3 is 1.84 bits per heavy atom. The number of carbonyl (C=O) groups is 2. The van der Waals surface area contributed by atoms with Crippen LogP contribution in [0.25, 0.3) is 0 Å². The van der Waals surface area contributed by atoms with Crippen LogP contribution in [0.2, 0.25) is 0 Å². The van der Waals surface area contributed by atoms with Crippen LogP contribution in [0.3, 0.4) is 0 Å². The van der Waals surface area contributed by atoms with Crippen molar-refractivity contribution in [1.82, 2.24) is 0 Å². The summed E-state index contributed by atoms with van der Waals surface area (Å²) >= 11 is 0. The van der Waals surface area contributed by atoms with Gasteiger partial charge in [0.1, 0.15) is 6.61 Å². The first-order valence-corrected chi connectivity index (χ1v) is 11.8. The molecule has 0 aliphatic carbocycles. The molecule has 0 atom stereocenters. The maximum absolute atomic E-state index is 12.0. The number of hydrogen-bond acceptors (Lipinski definition) is 9. The van der Waals surface area contributed by atoms with Gasteiger partial charge in [0.05, 0.1) is 51.1 Å². The fourth-order valence-corrected chi connectivity index (χ4v) is 3.24. The maximum atomic E-state index is 12.0. The normalized spacial score (nSPS) is 11.4. The summed E-state index contributed by atoms with van der Waals surface area (Å²) < 4.78 is 49.7. The van der Waals surface area contributed by atoms with Crippen molar-refractivity contribution >= 4 is 22.1 Å². The molecule has 11 heteroatoms. The summed E-state index contributed by atoms with van der Waals surface area (Å²) in [6, 6.07) is 6.40. The number of esters is 1. The second-order valence-electron chi connectivity index (χ2n) is 6.75. The summed E-state index contributed by atoms with van der Waals surface area (Å²) in [6.07, 6.45) is 1.17. The van der Waals surface area contributed by atoms with Gasteiger partial charge in [0.15, 0.2) is 0 Å². The third-order valence-electron chi connectivity index (χ3n) is 4.03. The van der Waals surface area contributed by atoms with Gasteiger partial charge in [-0.1, -0.05) is 17.7 Å². The molecule has 0 fully saturated rings. The number of carboxylic acids is 1. The fraction of sp³-hybridized carbons (Fsp3) is 0.619. The van der Waals surface area contributed by atoms with E-state index in [2.05, 4.69) is 0 Å². The topological polar surface area (TPSA) is 135 Å². The lowest BCUT2D eigenvalue weighted by Gasteiger charge is -2.08. The summed E-state index contributed by atoms with van der Waals surface area (Å²) in [7, 11) is -3.78. The molecular weight excluding hydrogens is 444 g/mol. The monoisotopic (exact) mass is 476 g/mol. The van der Waals surface area contributed by atoms with E-state index in [1.807, 2.05) is 6.92 Å². The standard InChI is InChI=1S/C21H32O10S/c1-18-6-8-19(9-7-18)32(25,26)31-17-15-29-13-11-27-10-12-28-14-16-30-21(24)5-3-2-4-20(22)23/h6-9H,2-5,10-17H2,1H3,(H,22,23). The summed E-state index contributed by atoms with van der Waals surface area (Å²) in [4.78, 5) is 21.9. The Bertz CT molecular complexity index is 761. The third kappa shape index (κ3) is 14.1. The van der Waals surface area contributed by atoms with Crippen molar-refractivity contribution in [3.05, 3.63) is 29.8 Å². The SMILES string of the molecule is Cc1ccc(S(=O)(=O)OCCOCCOCCOCCOC(=O)CCCCC(=O)O)cc1. The predicted molar refractivity (Wildman–Crippen MR) is 114 cm³/mol. The van der Waals surface area contributed by atoms with Crippen LogP contribution in [0, 0.1) is 6.92 Å². The Balaban J connectivity index is 1.88. The van der Waals surface area contributed by atoms with Crippen molar-refractivity contribution < 1.29 is 46.2 Å². The fourth-order valence-electron chi connectivity index (χ4n) is 2.35. The molecule has 1 aromatic carbocycles. The molecule has 0 spiro atoms. The molecular formula is C21H32O10S. The number of aryl methyl sites for hydroxylation is 1. The van der Waals surface area contributed by atoms with Crippen molar-refractivity contribution in [3.8, 4) is 0 Å². The number of aliphatic carboxylic acids is 1. The molecule has 32 heavy (non-hydrogen) atoms. The molecule has 0 unspecified atom stereocenters. The van der Waals surface area contributed by atoms with Crippen LogP contribution >= 0.6 is 0 Å². The van der Waals surface area contributed by atoms with Crippen LogP contribution in [0.15, 0.2) is 29.2 Å². The lowest BCUT2D eigenvalue weighted by atomic mass is 10.2. The van der Waals surface area contributed by atoms with Gasteiger partial charge >= 0.3 is 11.9 Å². The van der Waals surface area contributed by atoms with E-state index in [-0.39, 0.29) is 56.7 Å². The van der Waals surface area contributed by atoms with E-state index in [4.69, 9.17) is 28.2 Å². The highest BCUT2D eigenvalue weighted by atomic mass is 32.2. The zero-order chi connectivity index (χ0) is 23.7. The molecule has 1 rings (SSSR count). The highest BCUT2D eigenvalue weighted by Crippen LogP contribution is 2.12. The van der Waals surface area contributed by atoms with Gasteiger partial charge in [0.2, 0.25) is 0 Å². The summed E-state index contributed by atoms with van der Waals surface area (Å²) in [5.41, 5.74) is 0.961. The van der Waals surface area contributed by atoms with Gasteiger partial charge in [-0.05, 0) is 31.9 Å². The zero-order valence-corrected chi connectivity index (χ0v) is 19.1. The van der Waals surface area contributed by atoms with Gasteiger partial charge in [0.25, 0.3) is 10.1 Å². The summed E-state index contributed by atoms with van der Waals surface area (Å²) in [6.45, 7) is 3.54. The highest BCUT2D eigenvalue weighted by Gasteiger charge is 2.14. The van der Waals surface area contributed by atoms with E-state index < -0.39 is 16.1 Å². The number of carbonyl (C=O) groups excluding carboxylic acids is 1. The molecule has 0 radical (unpaired) electrons. The number of carboxylic acid groups (broad SMARTS) is 1. The largest absolute Gasteiger partial charge is 0.481 e. The van der Waals surface area contributed by atoms with Gasteiger partial charge in [-0.15, -0.1) is 0 Å². The second-order valence-corrected chi connectivity index (χ2v) is 8.36. The first-order chi connectivity index (χ1) is 15.3. The number of ether oxygens (including phenoxy) is 4.